The van der Waals surface area contributed by atoms with Crippen LogP contribution in [-0.4, -0.2) is 22.0 Å². The van der Waals surface area contributed by atoms with E-state index >= 15 is 0 Å². The summed E-state index contributed by atoms with van der Waals surface area (Å²) in [7, 11) is 0. The molecule has 1 aliphatic rings. The van der Waals surface area contributed by atoms with Gasteiger partial charge in [-0.15, -0.1) is 0 Å². The third-order valence-corrected chi connectivity index (χ3v) is 5.15. The molecule has 3 aromatic rings. The lowest BCUT2D eigenvalue weighted by Crippen LogP contribution is -2.03. The SMILES string of the molecule is Cc1c(C(=O)O)c[nH]c1C=C1C(=O)Nc2cccc(-c3cccc(Br)c3)c21. The van der Waals surface area contributed by atoms with Gasteiger partial charge in [-0.3, -0.25) is 4.79 Å². The quantitative estimate of drug-likeness (QED) is 0.522. The van der Waals surface area contributed by atoms with Gasteiger partial charge in [0.2, 0.25) is 0 Å². The molecule has 3 N–H and O–H groups in total. The van der Waals surface area contributed by atoms with Crippen molar-refractivity contribution in [2.24, 2.45) is 0 Å². The number of halogens is 1. The van der Waals surface area contributed by atoms with Crippen molar-refractivity contribution in [3.63, 3.8) is 0 Å². The van der Waals surface area contributed by atoms with Crippen molar-refractivity contribution >= 4 is 45.1 Å². The molecule has 6 heteroatoms. The number of carboxylic acids is 1. The van der Waals surface area contributed by atoms with E-state index in [-0.39, 0.29) is 11.5 Å². The molecule has 0 bridgehead atoms. The van der Waals surface area contributed by atoms with Gasteiger partial charge in [-0.05, 0) is 47.9 Å². The first-order valence-corrected chi connectivity index (χ1v) is 9.08. The highest BCUT2D eigenvalue weighted by Crippen LogP contribution is 2.41. The largest absolute Gasteiger partial charge is 0.478 e. The number of aromatic amines is 1. The van der Waals surface area contributed by atoms with Crippen LogP contribution in [0.1, 0.15) is 27.2 Å². The Morgan fingerprint density at radius 1 is 1.19 bits per heavy atom. The lowest BCUT2D eigenvalue weighted by molar-refractivity contribution is -0.110. The number of hydrogen-bond donors (Lipinski definition) is 3. The number of carboxylic acid groups (broad SMARTS) is 1. The molecule has 0 spiro atoms. The summed E-state index contributed by atoms with van der Waals surface area (Å²) in [4.78, 5) is 26.9. The molecule has 134 valence electrons. The number of aromatic nitrogens is 1. The van der Waals surface area contributed by atoms with Crippen LogP contribution >= 0.6 is 15.9 Å². The third kappa shape index (κ3) is 2.98. The van der Waals surface area contributed by atoms with Crippen molar-refractivity contribution in [3.05, 3.63) is 75.5 Å². The fourth-order valence-corrected chi connectivity index (χ4v) is 3.71. The lowest BCUT2D eigenvalue weighted by atomic mass is 9.94. The number of rotatable bonds is 3. The predicted molar refractivity (Wildman–Crippen MR) is 109 cm³/mol. The minimum absolute atomic E-state index is 0.195. The zero-order chi connectivity index (χ0) is 19.1. The summed E-state index contributed by atoms with van der Waals surface area (Å²) in [5, 5.41) is 12.1. The summed E-state index contributed by atoms with van der Waals surface area (Å²) in [5.41, 5.74) is 5.37. The van der Waals surface area contributed by atoms with Crippen LogP contribution in [0.15, 0.2) is 53.1 Å². The molecule has 27 heavy (non-hydrogen) atoms. The number of carbonyl (C=O) groups excluding carboxylic acids is 1. The van der Waals surface area contributed by atoms with E-state index in [1.54, 1.807) is 13.0 Å². The van der Waals surface area contributed by atoms with Crippen molar-refractivity contribution in [1.82, 2.24) is 4.98 Å². The summed E-state index contributed by atoms with van der Waals surface area (Å²) in [6.07, 6.45) is 3.16. The number of amides is 1. The van der Waals surface area contributed by atoms with E-state index in [0.29, 0.717) is 16.8 Å². The number of nitrogens with one attached hydrogen (secondary N) is 2. The Kier molecular flexibility index (Phi) is 4.20. The first-order valence-electron chi connectivity index (χ1n) is 8.29. The minimum Gasteiger partial charge on any atom is -0.478 e. The Balaban J connectivity index is 1.90. The first kappa shape index (κ1) is 17.3. The van der Waals surface area contributed by atoms with Gasteiger partial charge >= 0.3 is 5.97 Å². The maximum atomic E-state index is 12.6. The highest BCUT2D eigenvalue weighted by atomic mass is 79.9. The van der Waals surface area contributed by atoms with Crippen molar-refractivity contribution < 1.29 is 14.7 Å². The summed E-state index contributed by atoms with van der Waals surface area (Å²) < 4.78 is 0.951. The van der Waals surface area contributed by atoms with Gasteiger partial charge in [-0.1, -0.05) is 40.2 Å². The molecule has 0 fully saturated rings. The molecule has 1 aliphatic heterocycles. The van der Waals surface area contributed by atoms with E-state index in [1.165, 1.54) is 6.20 Å². The first-order chi connectivity index (χ1) is 13.0. The van der Waals surface area contributed by atoms with E-state index in [0.717, 1.165) is 26.9 Å². The smallest absolute Gasteiger partial charge is 0.337 e. The molecule has 4 rings (SSSR count). The molecule has 1 amide bonds. The fourth-order valence-electron chi connectivity index (χ4n) is 3.31. The van der Waals surface area contributed by atoms with Crippen LogP contribution < -0.4 is 5.32 Å². The van der Waals surface area contributed by atoms with Crippen molar-refractivity contribution in [2.45, 2.75) is 6.92 Å². The number of aromatic carboxylic acids is 1. The molecule has 2 heterocycles. The predicted octanol–water partition coefficient (Wildman–Crippen LogP) is 4.94. The molecule has 0 aliphatic carbocycles. The summed E-state index contributed by atoms with van der Waals surface area (Å²) in [6, 6.07) is 13.6. The highest BCUT2D eigenvalue weighted by Gasteiger charge is 2.28. The van der Waals surface area contributed by atoms with E-state index in [4.69, 9.17) is 0 Å². The van der Waals surface area contributed by atoms with Crippen molar-refractivity contribution in [3.8, 4) is 11.1 Å². The lowest BCUT2D eigenvalue weighted by Gasteiger charge is -2.09. The van der Waals surface area contributed by atoms with Crippen LogP contribution in [0.25, 0.3) is 22.8 Å². The van der Waals surface area contributed by atoms with E-state index < -0.39 is 5.97 Å². The van der Waals surface area contributed by atoms with Crippen molar-refractivity contribution in [1.29, 1.82) is 0 Å². The Bertz CT molecular complexity index is 1130. The summed E-state index contributed by atoms with van der Waals surface area (Å²) in [6.45, 7) is 1.72. The van der Waals surface area contributed by atoms with Gasteiger partial charge in [0.25, 0.3) is 5.91 Å². The molecule has 0 saturated heterocycles. The molecule has 0 radical (unpaired) electrons. The number of H-pyrrole nitrogens is 1. The average Bonchev–Trinajstić information content (AvgIpc) is 3.15. The number of benzene rings is 2. The van der Waals surface area contributed by atoms with Crippen LogP contribution in [0.3, 0.4) is 0 Å². The number of anilines is 1. The molecule has 0 atom stereocenters. The standard InChI is InChI=1S/C21H15BrN2O3/c1-11-16(21(26)27)10-23-18(11)9-15-19-14(12-4-2-5-13(22)8-12)6-3-7-17(19)24-20(15)25/h2-10,23H,1H3,(H,24,25)(H,26,27). The maximum Gasteiger partial charge on any atom is 0.337 e. The van der Waals surface area contributed by atoms with Gasteiger partial charge < -0.3 is 15.4 Å². The van der Waals surface area contributed by atoms with Crippen LogP contribution in [0.5, 0.6) is 0 Å². The highest BCUT2D eigenvalue weighted by molar-refractivity contribution is 9.10. The molecule has 5 nitrogen and oxygen atoms in total. The second kappa shape index (κ2) is 6.55. The van der Waals surface area contributed by atoms with E-state index in [2.05, 4.69) is 26.2 Å². The second-order valence-electron chi connectivity index (χ2n) is 6.30. The monoisotopic (exact) mass is 422 g/mol. The molecular formula is C21H15BrN2O3. The fraction of sp³-hybridized carbons (Fsp3) is 0.0476. The van der Waals surface area contributed by atoms with Crippen LogP contribution in [0, 0.1) is 6.92 Å². The second-order valence-corrected chi connectivity index (χ2v) is 7.21. The summed E-state index contributed by atoms with van der Waals surface area (Å²) in [5.74, 6) is -1.21. The zero-order valence-corrected chi connectivity index (χ0v) is 15.9. The molecule has 1 aromatic heterocycles. The molecular weight excluding hydrogens is 408 g/mol. The number of hydrogen-bond acceptors (Lipinski definition) is 2. The zero-order valence-electron chi connectivity index (χ0n) is 14.3. The normalized spacial score (nSPS) is 14.3. The summed E-state index contributed by atoms with van der Waals surface area (Å²) >= 11 is 3.49. The van der Waals surface area contributed by atoms with Gasteiger partial charge in [-0.2, -0.15) is 0 Å². The number of fused-ring (bicyclic) bond motifs is 1. The Morgan fingerprint density at radius 2 is 1.96 bits per heavy atom. The van der Waals surface area contributed by atoms with Gasteiger partial charge in [-0.25, -0.2) is 4.79 Å². The average molecular weight is 423 g/mol. The van der Waals surface area contributed by atoms with Gasteiger partial charge in [0.15, 0.2) is 0 Å². The Morgan fingerprint density at radius 3 is 2.67 bits per heavy atom. The van der Waals surface area contributed by atoms with Gasteiger partial charge in [0.05, 0.1) is 11.1 Å². The van der Waals surface area contributed by atoms with E-state index in [1.807, 2.05) is 42.5 Å². The maximum absolute atomic E-state index is 12.6. The topological polar surface area (TPSA) is 82.2 Å². The van der Waals surface area contributed by atoms with Gasteiger partial charge in [0, 0.05) is 27.6 Å². The van der Waals surface area contributed by atoms with Crippen LogP contribution in [-0.2, 0) is 4.79 Å². The number of carbonyl (C=O) groups is 2. The molecule has 0 unspecified atom stereocenters. The Labute approximate surface area is 163 Å². The molecule has 0 saturated carbocycles. The van der Waals surface area contributed by atoms with Crippen molar-refractivity contribution in [2.75, 3.05) is 5.32 Å². The van der Waals surface area contributed by atoms with Gasteiger partial charge in [0.1, 0.15) is 0 Å². The van der Waals surface area contributed by atoms with Crippen LogP contribution in [0.4, 0.5) is 5.69 Å². The molecule has 2 aromatic carbocycles. The minimum atomic E-state index is -1.00. The van der Waals surface area contributed by atoms with Crippen LogP contribution in [0.2, 0.25) is 0 Å². The van der Waals surface area contributed by atoms with E-state index in [9.17, 15) is 14.7 Å². The third-order valence-electron chi connectivity index (χ3n) is 4.66. The Hall–Kier alpha value is -3.12.